The second kappa shape index (κ2) is 9.87. The molecule has 0 amide bonds. The predicted octanol–water partition coefficient (Wildman–Crippen LogP) is 5.85. The fourth-order valence-corrected chi connectivity index (χ4v) is 4.27. The topological polar surface area (TPSA) is 46.8 Å². The second-order valence-corrected chi connectivity index (χ2v) is 8.95. The molecule has 1 radical (unpaired) electrons. The van der Waals surface area contributed by atoms with E-state index in [0.29, 0.717) is 17.7 Å². The van der Waals surface area contributed by atoms with Crippen LogP contribution in [0.1, 0.15) is 25.7 Å². The van der Waals surface area contributed by atoms with Crippen molar-refractivity contribution in [3.8, 4) is 0 Å². The first-order valence-corrected chi connectivity index (χ1v) is 10.5. The third kappa shape index (κ3) is 7.68. The van der Waals surface area contributed by atoms with Gasteiger partial charge in [-0.2, -0.15) is 0 Å². The molecule has 0 aromatic heterocycles. The molecule has 11 heteroatoms. The van der Waals surface area contributed by atoms with Gasteiger partial charge in [-0.15, -0.1) is 12.7 Å². The smallest absolute Gasteiger partial charge is 0.310 e. The number of ether oxygens (including phenoxy) is 1. The molecule has 0 spiro atoms. The molecular formula is C17H28F5N2O2SY-. The van der Waals surface area contributed by atoms with Crippen molar-refractivity contribution < 1.29 is 62.0 Å². The third-order valence-electron chi connectivity index (χ3n) is 4.75. The van der Waals surface area contributed by atoms with E-state index in [9.17, 15) is 19.4 Å². The average Bonchev–Trinajstić information content (AvgIpc) is 3.15. The quantitative estimate of drug-likeness (QED) is 0.520. The summed E-state index contributed by atoms with van der Waals surface area (Å²) >= 11 is 0. The van der Waals surface area contributed by atoms with Gasteiger partial charge >= 0.3 is 10.2 Å². The summed E-state index contributed by atoms with van der Waals surface area (Å²) in [4.78, 5) is 0.712. The van der Waals surface area contributed by atoms with Crippen molar-refractivity contribution in [1.29, 1.82) is 0 Å². The number of hydrogen-bond donors (Lipinski definition) is 1. The largest absolute Gasteiger partial charge is 0.687 e. The van der Waals surface area contributed by atoms with E-state index in [0.717, 1.165) is 19.8 Å². The zero-order chi connectivity index (χ0) is 20.8. The van der Waals surface area contributed by atoms with Crippen LogP contribution in [0.2, 0.25) is 0 Å². The van der Waals surface area contributed by atoms with Crippen molar-refractivity contribution in [2.24, 2.45) is 0 Å². The average molecular weight is 508 g/mol. The van der Waals surface area contributed by atoms with Crippen LogP contribution in [0.5, 0.6) is 0 Å². The molecule has 0 unspecified atom stereocenters. The number of aliphatic hydroxyl groups is 1. The van der Waals surface area contributed by atoms with Gasteiger partial charge < -0.3 is 15.2 Å². The van der Waals surface area contributed by atoms with Crippen LogP contribution in [0.15, 0.2) is 29.2 Å². The van der Waals surface area contributed by atoms with E-state index in [-0.39, 0.29) is 38.4 Å². The summed E-state index contributed by atoms with van der Waals surface area (Å²) in [5, 5.41) is 10.4. The Morgan fingerprint density at radius 2 is 1.64 bits per heavy atom. The van der Waals surface area contributed by atoms with E-state index in [4.69, 9.17) is 9.84 Å². The monoisotopic (exact) mass is 508 g/mol. The van der Waals surface area contributed by atoms with Crippen molar-refractivity contribution in [3.63, 3.8) is 0 Å². The zero-order valence-electron chi connectivity index (χ0n) is 16.4. The van der Waals surface area contributed by atoms with Crippen molar-refractivity contribution in [1.82, 2.24) is 4.90 Å². The van der Waals surface area contributed by atoms with Crippen LogP contribution in [-0.2, 0) is 37.4 Å². The Morgan fingerprint density at radius 1 is 1.11 bits per heavy atom. The molecule has 3 rings (SSSR count). The molecule has 1 N–H and O–H groups in total. The molecule has 2 saturated heterocycles. The van der Waals surface area contributed by atoms with Gasteiger partial charge in [-0.05, 0) is 44.8 Å². The van der Waals surface area contributed by atoms with Crippen LogP contribution in [0, 0.1) is 0 Å². The SMILES string of the molecule is CO.COCC12CCCN1CCC2.C[N-]c1cccc(S(F)(F)(F)(F)F)c1.[Y]. The number of nitrogens with zero attached hydrogens (tertiary/aromatic N) is 2. The molecule has 28 heavy (non-hydrogen) atoms. The summed E-state index contributed by atoms with van der Waals surface area (Å²) in [5.74, 6) is 0. The summed E-state index contributed by atoms with van der Waals surface area (Å²) in [5.41, 5.74) is 0.338. The van der Waals surface area contributed by atoms with Crippen LogP contribution in [0.3, 0.4) is 0 Å². The molecule has 0 aliphatic carbocycles. The first-order valence-electron chi connectivity index (χ1n) is 8.53. The van der Waals surface area contributed by atoms with Crippen LogP contribution in [0.25, 0.3) is 5.32 Å². The number of halogens is 5. The van der Waals surface area contributed by atoms with Gasteiger partial charge in [0, 0.05) is 52.5 Å². The van der Waals surface area contributed by atoms with E-state index in [2.05, 4.69) is 10.2 Å². The number of rotatable bonds is 4. The number of hydrogen-bond acceptors (Lipinski definition) is 3. The van der Waals surface area contributed by atoms with Gasteiger partial charge in [-0.1, -0.05) is 37.6 Å². The van der Waals surface area contributed by atoms with E-state index in [1.807, 2.05) is 7.11 Å². The molecule has 163 valence electrons. The van der Waals surface area contributed by atoms with Crippen LogP contribution >= 0.6 is 10.2 Å². The molecule has 2 aliphatic heterocycles. The maximum Gasteiger partial charge on any atom is 0.310 e. The summed E-state index contributed by atoms with van der Waals surface area (Å²) < 4.78 is 66.4. The molecule has 2 heterocycles. The number of benzene rings is 1. The van der Waals surface area contributed by atoms with Crippen LogP contribution in [0.4, 0.5) is 25.1 Å². The fraction of sp³-hybridized carbons (Fsp3) is 0.647. The molecule has 1 aromatic carbocycles. The van der Waals surface area contributed by atoms with Gasteiger partial charge in [-0.25, -0.2) is 0 Å². The summed E-state index contributed by atoms with van der Waals surface area (Å²) in [6.45, 7) is 3.57. The predicted molar refractivity (Wildman–Crippen MR) is 99.6 cm³/mol. The fourth-order valence-electron chi connectivity index (χ4n) is 3.59. The maximum atomic E-state index is 12.2. The third-order valence-corrected chi connectivity index (χ3v) is 5.89. The van der Waals surface area contributed by atoms with Crippen molar-refractivity contribution in [2.45, 2.75) is 36.1 Å². The van der Waals surface area contributed by atoms with Gasteiger partial charge in [0.25, 0.3) is 0 Å². The Morgan fingerprint density at radius 3 is 2.07 bits per heavy atom. The molecule has 1 aromatic rings. The van der Waals surface area contributed by atoms with Gasteiger partial charge in [0.15, 0.2) is 0 Å². The first kappa shape index (κ1) is 28.0. The van der Waals surface area contributed by atoms with E-state index >= 15 is 0 Å². The minimum Gasteiger partial charge on any atom is -0.687 e. The van der Waals surface area contributed by atoms with Crippen molar-refractivity contribution in [3.05, 3.63) is 29.6 Å². The Labute approximate surface area is 188 Å². The van der Waals surface area contributed by atoms with E-state index in [1.54, 1.807) is 0 Å². The first-order chi connectivity index (χ1) is 12.4. The molecule has 0 saturated carbocycles. The van der Waals surface area contributed by atoms with E-state index < -0.39 is 15.1 Å². The van der Waals surface area contributed by atoms with Gasteiger partial charge in [0.2, 0.25) is 0 Å². The van der Waals surface area contributed by atoms with Crippen molar-refractivity contribution >= 4 is 15.9 Å². The minimum absolute atomic E-state index is 0. The van der Waals surface area contributed by atoms with Gasteiger partial charge in [0.05, 0.1) is 6.61 Å². The number of aliphatic hydroxyl groups excluding tert-OH is 1. The van der Waals surface area contributed by atoms with Crippen LogP contribution in [-0.4, -0.2) is 56.5 Å². The molecule has 2 fully saturated rings. The van der Waals surface area contributed by atoms with Crippen LogP contribution < -0.4 is 0 Å². The zero-order valence-corrected chi connectivity index (χ0v) is 20.0. The summed E-state index contributed by atoms with van der Waals surface area (Å²) in [6, 6.07) is 2.79. The Kier molecular flexibility index (Phi) is 9.88. The molecule has 4 nitrogen and oxygen atoms in total. The normalized spacial score (nSPS) is 20.2. The second-order valence-electron chi connectivity index (χ2n) is 6.54. The summed E-state index contributed by atoms with van der Waals surface area (Å²) in [7, 11) is -5.49. The molecule has 0 atom stereocenters. The van der Waals surface area contributed by atoms with Gasteiger partial charge in [-0.3, -0.25) is 4.90 Å². The number of methoxy groups -OCH3 is 1. The van der Waals surface area contributed by atoms with Gasteiger partial charge in [0.1, 0.15) is 4.90 Å². The summed E-state index contributed by atoms with van der Waals surface area (Å²) in [6.07, 6.45) is 5.48. The minimum atomic E-state index is -9.54. The molecular weight excluding hydrogens is 480 g/mol. The standard InChI is InChI=1S/C9H17NO.C7H7F5NS.CH4O.Y/c1-11-8-9-4-2-6-10(9)7-3-5-9;1-13-6-3-2-4-7(5-6)14(8,9,10,11)12;1-2;/h2-8H2,1H3;2-5H,1H3;2H,1H3;/q;-1;;. The van der Waals surface area contributed by atoms with E-state index in [1.165, 1.54) is 51.9 Å². The Bertz CT molecular complexity index is 609. The Hall–Kier alpha value is 0.00390. The molecule has 0 bridgehead atoms. The van der Waals surface area contributed by atoms with Crippen molar-refractivity contribution in [2.75, 3.05) is 41.0 Å². The number of fused-ring (bicyclic) bond motifs is 1. The molecule has 2 aliphatic rings. The Balaban J connectivity index is 0.000000471. The maximum absolute atomic E-state index is 12.2.